The lowest BCUT2D eigenvalue weighted by atomic mass is 9.74. The lowest BCUT2D eigenvalue weighted by Crippen LogP contribution is -2.39. The van der Waals surface area contributed by atoms with Gasteiger partial charge in [-0.05, 0) is 48.6 Å². The minimum absolute atomic E-state index is 0.212. The summed E-state index contributed by atoms with van der Waals surface area (Å²) in [5.74, 6) is 0.650. The molecule has 1 aromatic carbocycles. The second-order valence-corrected chi connectivity index (χ2v) is 6.76. The summed E-state index contributed by atoms with van der Waals surface area (Å²) in [6.07, 6.45) is 4.34. The molecule has 1 saturated carbocycles. The molecule has 0 bridgehead atoms. The summed E-state index contributed by atoms with van der Waals surface area (Å²) in [4.78, 5) is 1.17. The van der Waals surface area contributed by atoms with Gasteiger partial charge in [-0.1, -0.05) is 41.9 Å². The molecule has 3 rings (SSSR count). The first-order chi connectivity index (χ1) is 9.19. The zero-order valence-electron chi connectivity index (χ0n) is 10.8. The number of hydrogen-bond donors (Lipinski definition) is 1. The van der Waals surface area contributed by atoms with Gasteiger partial charge in [-0.3, -0.25) is 0 Å². The summed E-state index contributed by atoms with van der Waals surface area (Å²) in [5, 5.41) is 2.88. The molecule has 0 radical (unpaired) electrons. The van der Waals surface area contributed by atoms with E-state index in [-0.39, 0.29) is 5.54 Å². The van der Waals surface area contributed by atoms with Gasteiger partial charge in [0.2, 0.25) is 0 Å². The molecule has 1 aliphatic rings. The number of halogens is 1. The van der Waals surface area contributed by atoms with Crippen molar-refractivity contribution in [3.63, 3.8) is 0 Å². The van der Waals surface area contributed by atoms with Crippen LogP contribution in [0.5, 0.6) is 0 Å². The van der Waals surface area contributed by atoms with Gasteiger partial charge in [-0.2, -0.15) is 0 Å². The maximum absolute atomic E-state index is 6.59. The van der Waals surface area contributed by atoms with Crippen LogP contribution in [0.2, 0.25) is 5.02 Å². The van der Waals surface area contributed by atoms with E-state index in [0.717, 1.165) is 30.7 Å². The Labute approximate surface area is 123 Å². The van der Waals surface area contributed by atoms with Crippen LogP contribution in [-0.2, 0) is 5.54 Å². The van der Waals surface area contributed by atoms with Crippen molar-refractivity contribution in [2.75, 3.05) is 0 Å². The maximum Gasteiger partial charge on any atom is 0.0564 e. The molecule has 0 spiro atoms. The fraction of sp³-hybridized carbons (Fsp3) is 0.375. The zero-order valence-corrected chi connectivity index (χ0v) is 12.4. The molecular weight excluding hydrogens is 274 g/mol. The monoisotopic (exact) mass is 291 g/mol. The molecule has 0 saturated heterocycles. The summed E-state index contributed by atoms with van der Waals surface area (Å²) in [6, 6.07) is 12.7. The Balaban J connectivity index is 1.75. The van der Waals surface area contributed by atoms with E-state index in [1.807, 2.05) is 11.4 Å². The average Bonchev–Trinajstić information content (AvgIpc) is 2.88. The summed E-state index contributed by atoms with van der Waals surface area (Å²) in [7, 11) is 0. The van der Waals surface area contributed by atoms with Crippen LogP contribution in [0.4, 0.5) is 0 Å². The Hall–Kier alpha value is -0.830. The Morgan fingerprint density at radius 1 is 1.11 bits per heavy atom. The van der Waals surface area contributed by atoms with E-state index in [9.17, 15) is 0 Å². The van der Waals surface area contributed by atoms with E-state index in [4.69, 9.17) is 17.3 Å². The van der Waals surface area contributed by atoms with Crippen molar-refractivity contribution < 1.29 is 0 Å². The van der Waals surface area contributed by atoms with Crippen molar-refractivity contribution in [3.8, 4) is 0 Å². The third-order valence-corrected chi connectivity index (χ3v) is 5.78. The molecule has 1 aromatic heterocycles. The smallest absolute Gasteiger partial charge is 0.0564 e. The maximum atomic E-state index is 6.59. The molecule has 19 heavy (non-hydrogen) atoms. The van der Waals surface area contributed by atoms with Gasteiger partial charge in [-0.25, -0.2) is 0 Å². The summed E-state index contributed by atoms with van der Waals surface area (Å²) in [6.45, 7) is 0. The van der Waals surface area contributed by atoms with Crippen molar-refractivity contribution in [3.05, 3.63) is 57.2 Å². The van der Waals surface area contributed by atoms with Crippen molar-refractivity contribution >= 4 is 22.9 Å². The Kier molecular flexibility index (Phi) is 3.66. The summed E-state index contributed by atoms with van der Waals surface area (Å²) < 4.78 is 0. The number of thiophene rings is 1. The highest BCUT2D eigenvalue weighted by atomic mass is 35.5. The average molecular weight is 292 g/mol. The van der Waals surface area contributed by atoms with Gasteiger partial charge in [0.05, 0.1) is 10.6 Å². The third kappa shape index (κ3) is 2.58. The van der Waals surface area contributed by atoms with E-state index in [0.29, 0.717) is 5.92 Å². The number of benzene rings is 1. The van der Waals surface area contributed by atoms with Gasteiger partial charge in [0, 0.05) is 4.88 Å². The second kappa shape index (κ2) is 5.28. The molecule has 0 atom stereocenters. The molecule has 2 N–H and O–H groups in total. The largest absolute Gasteiger partial charge is 0.321 e. The predicted molar refractivity (Wildman–Crippen MR) is 82.8 cm³/mol. The topological polar surface area (TPSA) is 26.0 Å². The molecule has 1 fully saturated rings. The number of hydrogen-bond acceptors (Lipinski definition) is 2. The van der Waals surface area contributed by atoms with Crippen molar-refractivity contribution in [2.24, 2.45) is 5.73 Å². The Morgan fingerprint density at radius 3 is 2.37 bits per heavy atom. The molecule has 0 aliphatic heterocycles. The Morgan fingerprint density at radius 2 is 1.79 bits per heavy atom. The van der Waals surface area contributed by atoms with Crippen LogP contribution in [0.1, 0.15) is 42.0 Å². The molecule has 0 amide bonds. The first-order valence-electron chi connectivity index (χ1n) is 6.76. The highest BCUT2D eigenvalue weighted by Crippen LogP contribution is 2.45. The van der Waals surface area contributed by atoms with Crippen molar-refractivity contribution in [1.82, 2.24) is 0 Å². The van der Waals surface area contributed by atoms with Gasteiger partial charge >= 0.3 is 0 Å². The van der Waals surface area contributed by atoms with Gasteiger partial charge < -0.3 is 5.73 Å². The molecule has 0 unspecified atom stereocenters. The molecule has 100 valence electrons. The van der Waals surface area contributed by atoms with Crippen LogP contribution in [0, 0.1) is 0 Å². The van der Waals surface area contributed by atoms with Gasteiger partial charge in [0.1, 0.15) is 0 Å². The van der Waals surface area contributed by atoms with Crippen molar-refractivity contribution in [1.29, 1.82) is 0 Å². The molecular formula is C16H18ClNS. The van der Waals surface area contributed by atoms with E-state index >= 15 is 0 Å². The number of rotatable bonds is 2. The lowest BCUT2D eigenvalue weighted by molar-refractivity contribution is 0.282. The molecule has 2 aromatic rings. The first kappa shape index (κ1) is 13.2. The molecule has 1 nitrogen and oxygen atoms in total. The fourth-order valence-electron chi connectivity index (χ4n) is 3.07. The minimum atomic E-state index is -0.212. The van der Waals surface area contributed by atoms with Crippen LogP contribution in [0.3, 0.4) is 0 Å². The van der Waals surface area contributed by atoms with Crippen molar-refractivity contribution in [2.45, 2.75) is 37.1 Å². The van der Waals surface area contributed by atoms with E-state index in [1.165, 1.54) is 10.4 Å². The van der Waals surface area contributed by atoms with Gasteiger partial charge in [0.15, 0.2) is 0 Å². The SMILES string of the molecule is NC1(c2sccc2Cl)CCC(c2ccccc2)CC1. The lowest BCUT2D eigenvalue weighted by Gasteiger charge is -2.37. The zero-order chi connectivity index (χ0) is 13.3. The fourth-order valence-corrected chi connectivity index (χ4v) is 4.49. The van der Waals surface area contributed by atoms with E-state index < -0.39 is 0 Å². The van der Waals surface area contributed by atoms with E-state index in [2.05, 4.69) is 30.3 Å². The molecule has 3 heteroatoms. The summed E-state index contributed by atoms with van der Waals surface area (Å²) >= 11 is 7.94. The third-order valence-electron chi connectivity index (χ3n) is 4.22. The quantitative estimate of drug-likeness (QED) is 0.835. The van der Waals surface area contributed by atoms with Crippen LogP contribution in [0.15, 0.2) is 41.8 Å². The first-order valence-corrected chi connectivity index (χ1v) is 8.02. The normalized spacial score (nSPS) is 27.4. The molecule has 1 aliphatic carbocycles. The van der Waals surface area contributed by atoms with Crippen LogP contribution < -0.4 is 5.73 Å². The highest BCUT2D eigenvalue weighted by molar-refractivity contribution is 7.10. The summed E-state index contributed by atoms with van der Waals surface area (Å²) in [5.41, 5.74) is 7.83. The van der Waals surface area contributed by atoms with E-state index in [1.54, 1.807) is 11.3 Å². The predicted octanol–water partition coefficient (Wildman–Crippen LogP) is 4.91. The van der Waals surface area contributed by atoms with Crippen LogP contribution in [-0.4, -0.2) is 0 Å². The van der Waals surface area contributed by atoms with Gasteiger partial charge in [0.25, 0.3) is 0 Å². The van der Waals surface area contributed by atoms with Gasteiger partial charge in [-0.15, -0.1) is 11.3 Å². The highest BCUT2D eigenvalue weighted by Gasteiger charge is 2.35. The number of nitrogens with two attached hydrogens (primary N) is 1. The van der Waals surface area contributed by atoms with Crippen LogP contribution >= 0.6 is 22.9 Å². The molecule has 1 heterocycles. The standard InChI is InChI=1S/C16H18ClNS/c17-14-8-11-19-15(14)16(18)9-6-13(7-10-16)12-4-2-1-3-5-12/h1-5,8,11,13H,6-7,9-10,18H2. The minimum Gasteiger partial charge on any atom is -0.321 e. The second-order valence-electron chi connectivity index (χ2n) is 5.44. The van der Waals surface area contributed by atoms with Crippen LogP contribution in [0.25, 0.3) is 0 Å². The Bertz CT molecular complexity index is 541.